The number of ether oxygens (including phenoxy) is 1. The number of aryl methyl sites for hydroxylation is 1. The molecule has 0 aliphatic carbocycles. The van der Waals surface area contributed by atoms with E-state index in [0.717, 1.165) is 6.54 Å². The Balaban J connectivity index is 2.73. The van der Waals surface area contributed by atoms with E-state index in [-0.39, 0.29) is 15.8 Å². The molecule has 1 N–H and O–H groups in total. The molecular weight excluding hydrogens is 437 g/mol. The normalized spacial score (nSPS) is 14.2. The average molecular weight is 459 g/mol. The molecule has 152 valence electrons. The van der Waals surface area contributed by atoms with Gasteiger partial charge in [-0.15, -0.1) is 0 Å². The molecular formula is C20H22BrF3N2O2. The lowest BCUT2D eigenvalue weighted by Crippen LogP contribution is -2.44. The SMILES string of the molecule is CCN(C)C=Nc1cc(OC)c(C(O)(c2ccccc2Br)C(F)(F)F)cc1C. The van der Waals surface area contributed by atoms with Crippen molar-refractivity contribution in [1.82, 2.24) is 4.90 Å². The summed E-state index contributed by atoms with van der Waals surface area (Å²) >= 11 is 3.12. The van der Waals surface area contributed by atoms with Crippen LogP contribution in [0, 0.1) is 6.92 Å². The molecule has 0 radical (unpaired) electrons. The minimum Gasteiger partial charge on any atom is -0.496 e. The third-order valence-electron chi connectivity index (χ3n) is 4.47. The van der Waals surface area contributed by atoms with Crippen LogP contribution < -0.4 is 4.74 Å². The average Bonchev–Trinajstić information content (AvgIpc) is 2.65. The first-order valence-corrected chi connectivity index (χ1v) is 9.33. The Hall–Kier alpha value is -2.06. The smallest absolute Gasteiger partial charge is 0.425 e. The summed E-state index contributed by atoms with van der Waals surface area (Å²) in [6.07, 6.45) is -3.39. The highest BCUT2D eigenvalue weighted by Gasteiger charge is 2.58. The van der Waals surface area contributed by atoms with Crippen LogP contribution in [-0.2, 0) is 5.60 Å². The third kappa shape index (κ3) is 4.17. The van der Waals surface area contributed by atoms with Gasteiger partial charge in [0.25, 0.3) is 0 Å². The van der Waals surface area contributed by atoms with Crippen molar-refractivity contribution in [3.05, 3.63) is 57.6 Å². The molecule has 8 heteroatoms. The fraction of sp³-hybridized carbons (Fsp3) is 0.350. The molecule has 2 aromatic rings. The third-order valence-corrected chi connectivity index (χ3v) is 5.17. The fourth-order valence-electron chi connectivity index (χ4n) is 2.72. The zero-order valence-corrected chi connectivity index (χ0v) is 17.6. The Morgan fingerprint density at radius 2 is 1.86 bits per heavy atom. The lowest BCUT2D eigenvalue weighted by Gasteiger charge is -2.33. The number of rotatable bonds is 6. The maximum Gasteiger partial charge on any atom is 0.425 e. The van der Waals surface area contributed by atoms with Crippen molar-refractivity contribution in [1.29, 1.82) is 0 Å². The number of benzene rings is 2. The first kappa shape index (κ1) is 22.2. The Morgan fingerprint density at radius 3 is 2.39 bits per heavy atom. The lowest BCUT2D eigenvalue weighted by molar-refractivity contribution is -0.249. The second kappa shape index (κ2) is 8.53. The van der Waals surface area contributed by atoms with Gasteiger partial charge in [-0.25, -0.2) is 4.99 Å². The number of aliphatic imine (C=N–C) groups is 1. The van der Waals surface area contributed by atoms with Gasteiger partial charge in [-0.3, -0.25) is 0 Å². The maximum atomic E-state index is 14.1. The number of aliphatic hydroxyl groups is 1. The Bertz CT molecular complexity index is 871. The minimum atomic E-state index is -4.98. The van der Waals surface area contributed by atoms with Crippen LogP contribution in [-0.4, -0.2) is 43.2 Å². The molecule has 0 spiro atoms. The van der Waals surface area contributed by atoms with Gasteiger partial charge in [-0.1, -0.05) is 34.1 Å². The summed E-state index contributed by atoms with van der Waals surface area (Å²) in [4.78, 5) is 6.14. The maximum absolute atomic E-state index is 14.1. The second-order valence-electron chi connectivity index (χ2n) is 6.34. The van der Waals surface area contributed by atoms with E-state index in [2.05, 4.69) is 20.9 Å². The highest BCUT2D eigenvalue weighted by atomic mass is 79.9. The molecule has 2 aromatic carbocycles. The Labute approximate surface area is 170 Å². The second-order valence-corrected chi connectivity index (χ2v) is 7.20. The Kier molecular flexibility index (Phi) is 6.77. The minimum absolute atomic E-state index is 0.104. The highest BCUT2D eigenvalue weighted by Crippen LogP contribution is 2.50. The number of halogens is 4. The van der Waals surface area contributed by atoms with Gasteiger partial charge in [0.2, 0.25) is 5.60 Å². The van der Waals surface area contributed by atoms with Crippen molar-refractivity contribution in [2.24, 2.45) is 4.99 Å². The molecule has 0 amide bonds. The number of hydrogen-bond acceptors (Lipinski definition) is 3. The summed E-state index contributed by atoms with van der Waals surface area (Å²) in [6.45, 7) is 4.32. The molecule has 0 aliphatic heterocycles. The summed E-state index contributed by atoms with van der Waals surface area (Å²) in [6, 6.07) is 8.37. The van der Waals surface area contributed by atoms with E-state index in [9.17, 15) is 18.3 Å². The van der Waals surface area contributed by atoms with Gasteiger partial charge in [0, 0.05) is 35.3 Å². The molecule has 1 unspecified atom stereocenters. The largest absolute Gasteiger partial charge is 0.496 e. The van der Waals surface area contributed by atoms with Gasteiger partial charge >= 0.3 is 6.18 Å². The van der Waals surface area contributed by atoms with Gasteiger partial charge in [0.15, 0.2) is 0 Å². The van der Waals surface area contributed by atoms with Crippen LogP contribution >= 0.6 is 15.9 Å². The molecule has 1 atom stereocenters. The standard InChI is InChI=1S/C20H22BrF3N2O2/c1-5-26(3)12-25-17-11-18(28-4)15(10-13(17)2)19(27,20(22,23)24)14-8-6-7-9-16(14)21/h6-12,27H,5H2,1-4H3. The zero-order valence-electron chi connectivity index (χ0n) is 16.0. The first-order valence-electron chi connectivity index (χ1n) is 8.53. The number of hydrogen-bond donors (Lipinski definition) is 1. The highest BCUT2D eigenvalue weighted by molar-refractivity contribution is 9.10. The van der Waals surface area contributed by atoms with Crippen LogP contribution in [0.4, 0.5) is 18.9 Å². The predicted molar refractivity (Wildman–Crippen MR) is 107 cm³/mol. The zero-order chi connectivity index (χ0) is 21.1. The first-order chi connectivity index (χ1) is 13.1. The van der Waals surface area contributed by atoms with Crippen LogP contribution in [0.15, 0.2) is 45.9 Å². The van der Waals surface area contributed by atoms with Crippen molar-refractivity contribution >= 4 is 28.0 Å². The van der Waals surface area contributed by atoms with Crippen molar-refractivity contribution in [2.45, 2.75) is 25.6 Å². The number of nitrogens with zero attached hydrogens (tertiary/aromatic N) is 2. The summed E-state index contributed by atoms with van der Waals surface area (Å²) in [5.74, 6) is -0.104. The van der Waals surface area contributed by atoms with E-state index < -0.39 is 17.3 Å². The topological polar surface area (TPSA) is 45.1 Å². The van der Waals surface area contributed by atoms with E-state index in [4.69, 9.17) is 4.74 Å². The predicted octanol–water partition coefficient (Wildman–Crippen LogP) is 5.18. The summed E-state index contributed by atoms with van der Waals surface area (Å²) in [5.41, 5.74) is -3.04. The lowest BCUT2D eigenvalue weighted by atomic mass is 9.84. The Morgan fingerprint density at radius 1 is 1.21 bits per heavy atom. The van der Waals surface area contributed by atoms with Gasteiger partial charge in [0.1, 0.15) is 5.75 Å². The van der Waals surface area contributed by atoms with E-state index in [0.29, 0.717) is 11.3 Å². The van der Waals surface area contributed by atoms with E-state index >= 15 is 0 Å². The van der Waals surface area contributed by atoms with Gasteiger partial charge < -0.3 is 14.7 Å². The van der Waals surface area contributed by atoms with E-state index in [1.54, 1.807) is 19.3 Å². The quantitative estimate of drug-likeness (QED) is 0.479. The molecule has 0 saturated heterocycles. The van der Waals surface area contributed by atoms with Crippen LogP contribution in [0.5, 0.6) is 5.75 Å². The van der Waals surface area contributed by atoms with Gasteiger partial charge in [-0.2, -0.15) is 13.2 Å². The summed E-state index contributed by atoms with van der Waals surface area (Å²) in [7, 11) is 3.09. The van der Waals surface area contributed by atoms with Crippen molar-refractivity contribution in [3.8, 4) is 5.75 Å². The van der Waals surface area contributed by atoms with Crippen LogP contribution in [0.25, 0.3) is 0 Å². The molecule has 28 heavy (non-hydrogen) atoms. The number of alkyl halides is 3. The monoisotopic (exact) mass is 458 g/mol. The van der Waals surface area contributed by atoms with Gasteiger partial charge in [-0.05, 0) is 31.5 Å². The molecule has 2 rings (SSSR count). The summed E-state index contributed by atoms with van der Waals surface area (Å²) in [5, 5.41) is 11.0. The van der Waals surface area contributed by atoms with Crippen LogP contribution in [0.3, 0.4) is 0 Å². The van der Waals surface area contributed by atoms with Crippen LogP contribution in [0.1, 0.15) is 23.6 Å². The fourth-order valence-corrected chi connectivity index (χ4v) is 3.29. The molecule has 4 nitrogen and oxygen atoms in total. The van der Waals surface area contributed by atoms with Gasteiger partial charge in [0.05, 0.1) is 19.1 Å². The van der Waals surface area contributed by atoms with Crippen molar-refractivity contribution < 1.29 is 23.0 Å². The molecule has 0 saturated carbocycles. The van der Waals surface area contributed by atoms with Crippen molar-refractivity contribution in [3.63, 3.8) is 0 Å². The van der Waals surface area contributed by atoms with Crippen LogP contribution in [0.2, 0.25) is 0 Å². The van der Waals surface area contributed by atoms with E-state index in [1.165, 1.54) is 37.4 Å². The van der Waals surface area contributed by atoms with Crippen molar-refractivity contribution in [2.75, 3.05) is 20.7 Å². The number of methoxy groups -OCH3 is 1. The molecule has 0 heterocycles. The summed E-state index contributed by atoms with van der Waals surface area (Å²) < 4.78 is 47.8. The van der Waals surface area contributed by atoms with E-state index in [1.807, 2.05) is 18.9 Å². The molecule has 0 bridgehead atoms. The molecule has 0 fully saturated rings. The molecule has 0 aliphatic rings. The molecule has 0 aromatic heterocycles.